The summed E-state index contributed by atoms with van der Waals surface area (Å²) in [6, 6.07) is 5.46. The Balaban J connectivity index is 2.40. The molecule has 0 aliphatic heterocycles. The molecule has 0 saturated heterocycles. The minimum atomic E-state index is 0.529. The number of halogens is 2. The second-order valence-electron chi connectivity index (χ2n) is 3.40. The Kier molecular flexibility index (Phi) is 3.67. The van der Waals surface area contributed by atoms with Gasteiger partial charge in [-0.2, -0.15) is 0 Å². The molecule has 1 aromatic carbocycles. The first-order chi connectivity index (χ1) is 8.11. The Bertz CT molecular complexity index is 587. The van der Waals surface area contributed by atoms with Gasteiger partial charge in [0.15, 0.2) is 0 Å². The third-order valence-electron chi connectivity index (χ3n) is 2.24. The molecule has 2 rings (SSSR count). The molecule has 0 radical (unpaired) electrons. The smallest absolute Gasteiger partial charge is 0.123 e. The number of thiazole rings is 1. The topological polar surface area (TPSA) is 12.9 Å². The van der Waals surface area contributed by atoms with Gasteiger partial charge in [-0.15, -0.1) is 11.3 Å². The average molecular weight is 282 g/mol. The van der Waals surface area contributed by atoms with Gasteiger partial charge in [0.1, 0.15) is 5.01 Å². The SMILES string of the molecule is C=CC(=C)c1nc(-c2ccc(Cl)c(Cl)c2)cs1. The van der Waals surface area contributed by atoms with Gasteiger partial charge in [0, 0.05) is 16.5 Å². The first-order valence-electron chi connectivity index (χ1n) is 4.84. The van der Waals surface area contributed by atoms with E-state index in [0.29, 0.717) is 10.0 Å². The van der Waals surface area contributed by atoms with Crippen molar-refractivity contribution in [3.05, 3.63) is 57.9 Å². The lowest BCUT2D eigenvalue weighted by atomic mass is 10.2. The van der Waals surface area contributed by atoms with Crippen molar-refractivity contribution in [2.45, 2.75) is 0 Å². The molecule has 0 amide bonds. The van der Waals surface area contributed by atoms with Crippen molar-refractivity contribution in [2.24, 2.45) is 0 Å². The number of benzene rings is 1. The first-order valence-corrected chi connectivity index (χ1v) is 6.48. The fourth-order valence-electron chi connectivity index (χ4n) is 1.30. The summed E-state index contributed by atoms with van der Waals surface area (Å²) in [6.07, 6.45) is 1.69. The zero-order chi connectivity index (χ0) is 12.4. The number of hydrogen-bond acceptors (Lipinski definition) is 2. The van der Waals surface area contributed by atoms with Crippen molar-refractivity contribution < 1.29 is 0 Å². The maximum absolute atomic E-state index is 5.97. The monoisotopic (exact) mass is 281 g/mol. The summed E-state index contributed by atoms with van der Waals surface area (Å²) in [4.78, 5) is 4.47. The van der Waals surface area contributed by atoms with E-state index in [1.54, 1.807) is 18.2 Å². The molecule has 0 aliphatic carbocycles. The highest BCUT2D eigenvalue weighted by Crippen LogP contribution is 2.30. The van der Waals surface area contributed by atoms with E-state index >= 15 is 0 Å². The average Bonchev–Trinajstić information content (AvgIpc) is 2.81. The van der Waals surface area contributed by atoms with E-state index in [0.717, 1.165) is 21.8 Å². The number of allylic oxidation sites excluding steroid dienone is 2. The van der Waals surface area contributed by atoms with E-state index < -0.39 is 0 Å². The van der Waals surface area contributed by atoms with Crippen LogP contribution >= 0.6 is 34.5 Å². The van der Waals surface area contributed by atoms with Gasteiger partial charge in [-0.3, -0.25) is 0 Å². The predicted molar refractivity (Wildman–Crippen MR) is 76.8 cm³/mol. The number of nitrogens with zero attached hydrogens (tertiary/aromatic N) is 1. The second-order valence-corrected chi connectivity index (χ2v) is 5.07. The van der Waals surface area contributed by atoms with Crippen LogP contribution in [0.15, 0.2) is 42.8 Å². The first kappa shape index (κ1) is 12.4. The summed E-state index contributed by atoms with van der Waals surface area (Å²) in [7, 11) is 0. The predicted octanol–water partition coefficient (Wildman–Crippen LogP) is 5.32. The molecule has 0 bridgehead atoms. The molecular formula is C13H9Cl2NS. The van der Waals surface area contributed by atoms with Crippen molar-refractivity contribution in [2.75, 3.05) is 0 Å². The molecule has 86 valence electrons. The van der Waals surface area contributed by atoms with Crippen LogP contribution in [0.3, 0.4) is 0 Å². The Morgan fingerprint density at radius 1 is 1.29 bits per heavy atom. The zero-order valence-electron chi connectivity index (χ0n) is 8.91. The molecule has 4 heteroatoms. The summed E-state index contributed by atoms with van der Waals surface area (Å²) >= 11 is 13.4. The standard InChI is InChI=1S/C13H9Cl2NS/c1-3-8(2)13-16-12(7-17-13)9-4-5-10(14)11(15)6-9/h3-7H,1-2H2. The van der Waals surface area contributed by atoms with Gasteiger partial charge in [0.2, 0.25) is 0 Å². The van der Waals surface area contributed by atoms with E-state index in [4.69, 9.17) is 23.2 Å². The van der Waals surface area contributed by atoms with Gasteiger partial charge >= 0.3 is 0 Å². The Hall–Kier alpha value is -1.09. The van der Waals surface area contributed by atoms with E-state index in [9.17, 15) is 0 Å². The van der Waals surface area contributed by atoms with Gasteiger partial charge in [0.25, 0.3) is 0 Å². The van der Waals surface area contributed by atoms with Crippen LogP contribution in [-0.2, 0) is 0 Å². The molecule has 1 aromatic heterocycles. The maximum Gasteiger partial charge on any atom is 0.123 e. The molecule has 1 heterocycles. The molecule has 0 aliphatic rings. The van der Waals surface area contributed by atoms with Crippen LogP contribution in [0, 0.1) is 0 Å². The fraction of sp³-hybridized carbons (Fsp3) is 0. The van der Waals surface area contributed by atoms with Gasteiger partial charge in [-0.1, -0.05) is 48.5 Å². The molecular weight excluding hydrogens is 273 g/mol. The molecule has 0 fully saturated rings. The summed E-state index contributed by atoms with van der Waals surface area (Å²) in [5.74, 6) is 0. The Morgan fingerprint density at radius 2 is 2.06 bits per heavy atom. The van der Waals surface area contributed by atoms with Crippen molar-refractivity contribution in [3.8, 4) is 11.3 Å². The van der Waals surface area contributed by atoms with Gasteiger partial charge in [0.05, 0.1) is 15.7 Å². The van der Waals surface area contributed by atoms with Crippen LogP contribution in [0.1, 0.15) is 5.01 Å². The van der Waals surface area contributed by atoms with Crippen LogP contribution in [0.25, 0.3) is 16.8 Å². The zero-order valence-corrected chi connectivity index (χ0v) is 11.2. The van der Waals surface area contributed by atoms with Crippen LogP contribution in [0.5, 0.6) is 0 Å². The fourth-order valence-corrected chi connectivity index (χ4v) is 2.39. The summed E-state index contributed by atoms with van der Waals surface area (Å²) in [5, 5.41) is 3.90. The number of aromatic nitrogens is 1. The summed E-state index contributed by atoms with van der Waals surface area (Å²) in [6.45, 7) is 7.54. The molecule has 0 unspecified atom stereocenters. The maximum atomic E-state index is 5.97. The van der Waals surface area contributed by atoms with Crippen molar-refractivity contribution in [3.63, 3.8) is 0 Å². The molecule has 0 saturated carbocycles. The Labute approximate surface area is 114 Å². The van der Waals surface area contributed by atoms with E-state index in [1.807, 2.05) is 11.4 Å². The quantitative estimate of drug-likeness (QED) is 0.694. The van der Waals surface area contributed by atoms with E-state index in [1.165, 1.54) is 11.3 Å². The second kappa shape index (κ2) is 5.05. The lowest BCUT2D eigenvalue weighted by molar-refractivity contribution is 1.37. The van der Waals surface area contributed by atoms with E-state index in [-0.39, 0.29) is 0 Å². The molecule has 0 atom stereocenters. The third kappa shape index (κ3) is 2.60. The third-order valence-corrected chi connectivity index (χ3v) is 3.90. The summed E-state index contributed by atoms with van der Waals surface area (Å²) in [5.41, 5.74) is 2.63. The largest absolute Gasteiger partial charge is 0.236 e. The number of hydrogen-bond donors (Lipinski definition) is 0. The van der Waals surface area contributed by atoms with Gasteiger partial charge in [-0.25, -0.2) is 4.98 Å². The Morgan fingerprint density at radius 3 is 2.71 bits per heavy atom. The molecule has 2 aromatic rings. The van der Waals surface area contributed by atoms with Crippen LogP contribution < -0.4 is 0 Å². The van der Waals surface area contributed by atoms with Crippen LogP contribution in [0.4, 0.5) is 0 Å². The van der Waals surface area contributed by atoms with E-state index in [2.05, 4.69) is 18.1 Å². The molecule has 0 spiro atoms. The van der Waals surface area contributed by atoms with Gasteiger partial charge in [-0.05, 0) is 12.1 Å². The minimum absolute atomic E-state index is 0.529. The highest BCUT2D eigenvalue weighted by Gasteiger charge is 2.07. The lowest BCUT2D eigenvalue weighted by Crippen LogP contribution is -1.81. The van der Waals surface area contributed by atoms with Crippen LogP contribution in [-0.4, -0.2) is 4.98 Å². The molecule has 17 heavy (non-hydrogen) atoms. The highest BCUT2D eigenvalue weighted by atomic mass is 35.5. The molecule has 1 nitrogen and oxygen atoms in total. The van der Waals surface area contributed by atoms with Crippen molar-refractivity contribution in [1.82, 2.24) is 4.98 Å². The minimum Gasteiger partial charge on any atom is -0.236 e. The summed E-state index contributed by atoms with van der Waals surface area (Å²) < 4.78 is 0. The van der Waals surface area contributed by atoms with Crippen molar-refractivity contribution >= 4 is 40.1 Å². The van der Waals surface area contributed by atoms with Crippen LogP contribution in [0.2, 0.25) is 10.0 Å². The number of rotatable bonds is 3. The lowest BCUT2D eigenvalue weighted by Gasteiger charge is -1.99. The molecule has 0 N–H and O–H groups in total. The highest BCUT2D eigenvalue weighted by molar-refractivity contribution is 7.11. The van der Waals surface area contributed by atoms with Crippen molar-refractivity contribution in [1.29, 1.82) is 0 Å². The normalized spacial score (nSPS) is 10.2. The van der Waals surface area contributed by atoms with Gasteiger partial charge < -0.3 is 0 Å².